The number of likely N-dealkylation sites (N-methyl/N-ethyl adjacent to an activating group) is 1. The van der Waals surface area contributed by atoms with Gasteiger partial charge in [-0.3, -0.25) is 0 Å². The summed E-state index contributed by atoms with van der Waals surface area (Å²) in [5, 5.41) is 9.07. The second-order valence-electron chi connectivity index (χ2n) is 4.45. The highest BCUT2D eigenvalue weighted by Gasteiger charge is 2.20. The summed E-state index contributed by atoms with van der Waals surface area (Å²) < 4.78 is 18.7. The largest absolute Gasteiger partial charge is 0.376 e. The molecule has 0 N–H and O–H groups in total. The van der Waals surface area contributed by atoms with Crippen molar-refractivity contribution in [3.05, 3.63) is 29.6 Å². The third-order valence-corrected chi connectivity index (χ3v) is 3.25. The molecule has 0 aliphatic carbocycles. The van der Waals surface area contributed by atoms with Crippen molar-refractivity contribution in [2.45, 2.75) is 25.9 Å². The van der Waals surface area contributed by atoms with Crippen LogP contribution in [0.15, 0.2) is 18.2 Å². The molecule has 1 atom stereocenters. The molecule has 1 aliphatic heterocycles. The number of nitrogens with zero attached hydrogens (tertiary/aromatic N) is 2. The van der Waals surface area contributed by atoms with E-state index in [2.05, 4.69) is 11.0 Å². The first-order valence-corrected chi connectivity index (χ1v) is 6.30. The molecule has 1 aromatic carbocycles. The van der Waals surface area contributed by atoms with Crippen molar-refractivity contribution in [1.29, 1.82) is 5.26 Å². The molecular weight excluding hydrogens is 231 g/mol. The first kappa shape index (κ1) is 12.8. The van der Waals surface area contributed by atoms with Crippen LogP contribution in [0.1, 0.15) is 25.3 Å². The molecule has 1 saturated heterocycles. The summed E-state index contributed by atoms with van der Waals surface area (Å²) >= 11 is 0. The Kier molecular flexibility index (Phi) is 4.16. The molecule has 96 valence electrons. The van der Waals surface area contributed by atoms with Crippen molar-refractivity contribution in [2.24, 2.45) is 0 Å². The van der Waals surface area contributed by atoms with E-state index < -0.39 is 0 Å². The highest BCUT2D eigenvalue weighted by molar-refractivity contribution is 5.59. The molecule has 2 rings (SSSR count). The van der Waals surface area contributed by atoms with E-state index in [4.69, 9.17) is 10.00 Å². The smallest absolute Gasteiger partial charge is 0.124 e. The Morgan fingerprint density at radius 1 is 1.56 bits per heavy atom. The van der Waals surface area contributed by atoms with Gasteiger partial charge in [0.05, 0.1) is 17.4 Å². The Labute approximate surface area is 107 Å². The van der Waals surface area contributed by atoms with Crippen LogP contribution in [0, 0.1) is 17.1 Å². The molecule has 3 nitrogen and oxygen atoms in total. The SMILES string of the molecule is CCN(CC1CCCO1)c1ccc(F)cc1C#N. The maximum absolute atomic E-state index is 13.1. The molecule has 4 heteroatoms. The molecule has 1 aliphatic rings. The van der Waals surface area contributed by atoms with E-state index in [1.165, 1.54) is 12.1 Å². The maximum atomic E-state index is 13.1. The van der Waals surface area contributed by atoms with E-state index in [1.807, 2.05) is 6.92 Å². The summed E-state index contributed by atoms with van der Waals surface area (Å²) in [7, 11) is 0. The summed E-state index contributed by atoms with van der Waals surface area (Å²) in [6.45, 7) is 4.38. The summed E-state index contributed by atoms with van der Waals surface area (Å²) in [5.41, 5.74) is 1.17. The molecule has 1 aromatic rings. The van der Waals surface area contributed by atoms with E-state index in [1.54, 1.807) is 6.07 Å². The number of anilines is 1. The summed E-state index contributed by atoms with van der Waals surface area (Å²) in [5.74, 6) is -0.372. The molecule has 1 fully saturated rings. The third-order valence-electron chi connectivity index (χ3n) is 3.25. The van der Waals surface area contributed by atoms with Crippen LogP contribution in [0.5, 0.6) is 0 Å². The van der Waals surface area contributed by atoms with Crippen LogP contribution in [0.4, 0.5) is 10.1 Å². The number of hydrogen-bond donors (Lipinski definition) is 0. The fourth-order valence-electron chi connectivity index (χ4n) is 2.31. The minimum atomic E-state index is -0.372. The van der Waals surface area contributed by atoms with E-state index in [-0.39, 0.29) is 11.9 Å². The zero-order valence-corrected chi connectivity index (χ0v) is 10.5. The normalized spacial score (nSPS) is 18.6. The molecular formula is C14H17FN2O. The molecule has 1 unspecified atom stereocenters. The van der Waals surface area contributed by atoms with Crippen molar-refractivity contribution in [3.8, 4) is 6.07 Å². The molecule has 0 bridgehead atoms. The minimum Gasteiger partial charge on any atom is -0.376 e. The predicted octanol–water partition coefficient (Wildman–Crippen LogP) is 2.70. The van der Waals surface area contributed by atoms with Gasteiger partial charge in [-0.15, -0.1) is 0 Å². The first-order chi connectivity index (χ1) is 8.74. The van der Waals surface area contributed by atoms with Crippen molar-refractivity contribution in [2.75, 3.05) is 24.6 Å². The highest BCUT2D eigenvalue weighted by atomic mass is 19.1. The quantitative estimate of drug-likeness (QED) is 0.822. The van der Waals surface area contributed by atoms with Gasteiger partial charge < -0.3 is 9.64 Å². The van der Waals surface area contributed by atoms with Gasteiger partial charge in [-0.25, -0.2) is 4.39 Å². The lowest BCUT2D eigenvalue weighted by Gasteiger charge is -2.26. The number of benzene rings is 1. The van der Waals surface area contributed by atoms with Gasteiger partial charge in [-0.1, -0.05) is 0 Å². The molecule has 0 amide bonds. The molecule has 0 aromatic heterocycles. The number of halogens is 1. The summed E-state index contributed by atoms with van der Waals surface area (Å²) in [4.78, 5) is 2.08. The number of ether oxygens (including phenoxy) is 1. The Morgan fingerprint density at radius 2 is 2.39 bits per heavy atom. The van der Waals surface area contributed by atoms with Gasteiger partial charge >= 0.3 is 0 Å². The number of hydrogen-bond acceptors (Lipinski definition) is 3. The lowest BCUT2D eigenvalue weighted by atomic mass is 10.1. The Bertz CT molecular complexity index is 450. The maximum Gasteiger partial charge on any atom is 0.124 e. The zero-order valence-electron chi connectivity index (χ0n) is 10.5. The first-order valence-electron chi connectivity index (χ1n) is 6.30. The van der Waals surface area contributed by atoms with Crippen molar-refractivity contribution in [3.63, 3.8) is 0 Å². The van der Waals surface area contributed by atoms with Gasteiger partial charge in [0.2, 0.25) is 0 Å². The van der Waals surface area contributed by atoms with Crippen molar-refractivity contribution >= 4 is 5.69 Å². The topological polar surface area (TPSA) is 36.3 Å². The molecule has 1 heterocycles. The monoisotopic (exact) mass is 248 g/mol. The minimum absolute atomic E-state index is 0.224. The van der Waals surface area contributed by atoms with Gasteiger partial charge in [-0.05, 0) is 38.0 Å². The van der Waals surface area contributed by atoms with E-state index in [9.17, 15) is 4.39 Å². The Morgan fingerprint density at radius 3 is 3.00 bits per heavy atom. The lowest BCUT2D eigenvalue weighted by Crippen LogP contribution is -2.32. The van der Waals surface area contributed by atoms with Gasteiger partial charge in [0.1, 0.15) is 11.9 Å². The number of nitriles is 1. The zero-order chi connectivity index (χ0) is 13.0. The fraction of sp³-hybridized carbons (Fsp3) is 0.500. The lowest BCUT2D eigenvalue weighted by molar-refractivity contribution is 0.115. The van der Waals surface area contributed by atoms with Crippen LogP contribution in [-0.2, 0) is 4.74 Å². The average Bonchev–Trinajstić information content (AvgIpc) is 2.89. The van der Waals surface area contributed by atoms with Crippen molar-refractivity contribution in [1.82, 2.24) is 0 Å². The molecule has 0 spiro atoms. The van der Waals surface area contributed by atoms with Gasteiger partial charge in [0.15, 0.2) is 0 Å². The summed E-state index contributed by atoms with van der Waals surface area (Å²) in [6, 6.07) is 6.41. The highest BCUT2D eigenvalue weighted by Crippen LogP contribution is 2.23. The average molecular weight is 248 g/mol. The van der Waals surface area contributed by atoms with Gasteiger partial charge in [0, 0.05) is 19.7 Å². The second-order valence-corrected chi connectivity index (χ2v) is 4.45. The second kappa shape index (κ2) is 5.83. The Balaban J connectivity index is 2.18. The predicted molar refractivity (Wildman–Crippen MR) is 68.0 cm³/mol. The molecule has 18 heavy (non-hydrogen) atoms. The van der Waals surface area contributed by atoms with Crippen LogP contribution in [-0.4, -0.2) is 25.8 Å². The van der Waals surface area contributed by atoms with Crippen LogP contribution >= 0.6 is 0 Å². The van der Waals surface area contributed by atoms with Crippen LogP contribution in [0.2, 0.25) is 0 Å². The van der Waals surface area contributed by atoms with Crippen LogP contribution < -0.4 is 4.90 Å². The van der Waals surface area contributed by atoms with E-state index in [0.29, 0.717) is 5.56 Å². The molecule has 0 radical (unpaired) electrons. The number of rotatable bonds is 4. The van der Waals surface area contributed by atoms with Crippen LogP contribution in [0.25, 0.3) is 0 Å². The van der Waals surface area contributed by atoms with Crippen molar-refractivity contribution < 1.29 is 9.13 Å². The standard InChI is InChI=1S/C14H17FN2O/c1-2-17(10-13-4-3-7-18-13)14-6-5-12(15)8-11(14)9-16/h5-6,8,13H,2-4,7,10H2,1H3. The van der Waals surface area contributed by atoms with Gasteiger partial charge in [0.25, 0.3) is 0 Å². The fourth-order valence-corrected chi connectivity index (χ4v) is 2.31. The van der Waals surface area contributed by atoms with Crippen LogP contribution in [0.3, 0.4) is 0 Å². The summed E-state index contributed by atoms with van der Waals surface area (Å²) in [6.07, 6.45) is 2.37. The van der Waals surface area contributed by atoms with E-state index >= 15 is 0 Å². The third kappa shape index (κ3) is 2.80. The Hall–Kier alpha value is -1.60. The van der Waals surface area contributed by atoms with Gasteiger partial charge in [-0.2, -0.15) is 5.26 Å². The molecule has 0 saturated carbocycles. The van der Waals surface area contributed by atoms with E-state index in [0.717, 1.165) is 38.2 Å².